The lowest BCUT2D eigenvalue weighted by Crippen LogP contribution is -2.47. The predicted octanol–water partition coefficient (Wildman–Crippen LogP) is 3.92. The van der Waals surface area contributed by atoms with Crippen LogP contribution in [0.3, 0.4) is 0 Å². The number of aromatic amines is 1. The molecule has 2 bridgehead atoms. The molecule has 9 heteroatoms. The van der Waals surface area contributed by atoms with Crippen LogP contribution in [0.4, 0.5) is 5.13 Å². The summed E-state index contributed by atoms with van der Waals surface area (Å²) in [5.41, 5.74) is 2.91. The Balaban J connectivity index is 1.23. The molecule has 6 rings (SSSR count). The standard InChI is InChI=1S/C20H21N7S2/c1-27(15-6-13-3-4-14(7-15)24-13)20-26-19-18(29-20)25-17(28-19)11-2-5-16(21-8-11)12-9-22-23-10-12/h2,5,8-10,13-15,24H,3-4,6-7H2,1H3,(H,22,23)/t13-,14+,15-. The fraction of sp³-hybridized carbons (Fsp3) is 0.400. The van der Waals surface area contributed by atoms with Crippen LogP contribution in [-0.4, -0.2) is 50.3 Å². The van der Waals surface area contributed by atoms with Gasteiger partial charge < -0.3 is 10.2 Å². The van der Waals surface area contributed by atoms with Crippen LogP contribution in [0, 0.1) is 0 Å². The van der Waals surface area contributed by atoms with Crippen LogP contribution >= 0.6 is 22.7 Å². The van der Waals surface area contributed by atoms with Gasteiger partial charge in [-0.1, -0.05) is 22.7 Å². The molecule has 6 heterocycles. The fourth-order valence-electron chi connectivity index (χ4n) is 4.49. The molecule has 4 aromatic heterocycles. The summed E-state index contributed by atoms with van der Waals surface area (Å²) >= 11 is 3.34. The first-order chi connectivity index (χ1) is 14.2. The van der Waals surface area contributed by atoms with Crippen molar-refractivity contribution in [3.05, 3.63) is 30.7 Å². The van der Waals surface area contributed by atoms with Crippen molar-refractivity contribution in [1.29, 1.82) is 0 Å². The molecule has 0 saturated carbocycles. The molecule has 29 heavy (non-hydrogen) atoms. The molecule has 3 atom stereocenters. The van der Waals surface area contributed by atoms with Crippen LogP contribution in [-0.2, 0) is 0 Å². The normalized spacial score (nSPS) is 23.7. The maximum absolute atomic E-state index is 4.91. The van der Waals surface area contributed by atoms with Crippen molar-refractivity contribution >= 4 is 37.5 Å². The van der Waals surface area contributed by atoms with Crippen LogP contribution in [0.5, 0.6) is 0 Å². The molecule has 0 spiro atoms. The number of nitrogens with one attached hydrogen (secondary N) is 2. The Kier molecular flexibility index (Phi) is 4.14. The highest BCUT2D eigenvalue weighted by Gasteiger charge is 2.36. The maximum Gasteiger partial charge on any atom is 0.188 e. The number of nitrogens with zero attached hydrogens (tertiary/aromatic N) is 5. The van der Waals surface area contributed by atoms with E-state index in [4.69, 9.17) is 9.97 Å². The zero-order chi connectivity index (χ0) is 19.4. The summed E-state index contributed by atoms with van der Waals surface area (Å²) < 4.78 is 0. The number of piperidine rings is 1. The summed E-state index contributed by atoms with van der Waals surface area (Å²) in [6.45, 7) is 0. The lowest BCUT2D eigenvalue weighted by molar-refractivity contribution is 0.354. The van der Waals surface area contributed by atoms with E-state index >= 15 is 0 Å². The molecule has 0 radical (unpaired) electrons. The van der Waals surface area contributed by atoms with Gasteiger partial charge in [0.05, 0.1) is 11.9 Å². The van der Waals surface area contributed by atoms with E-state index in [-0.39, 0.29) is 0 Å². The molecule has 7 nitrogen and oxygen atoms in total. The Morgan fingerprint density at radius 3 is 2.52 bits per heavy atom. The van der Waals surface area contributed by atoms with Crippen molar-refractivity contribution in [2.75, 3.05) is 11.9 Å². The molecule has 148 valence electrons. The second kappa shape index (κ2) is 6.86. The SMILES string of the molecule is CN(c1nc2sc(-c3ccc(-c4cn[nH]c4)nc3)nc2s1)[C@@H]1C[C@H]2CC[C@@H](C1)N2. The molecule has 2 fully saturated rings. The van der Waals surface area contributed by atoms with Crippen LogP contribution in [0.15, 0.2) is 30.7 Å². The van der Waals surface area contributed by atoms with Crippen molar-refractivity contribution in [1.82, 2.24) is 30.5 Å². The van der Waals surface area contributed by atoms with Gasteiger partial charge in [0.15, 0.2) is 14.8 Å². The Bertz CT molecular complexity index is 1090. The van der Waals surface area contributed by atoms with Crippen LogP contribution in [0.25, 0.3) is 31.5 Å². The van der Waals surface area contributed by atoms with Gasteiger partial charge in [-0.2, -0.15) is 5.10 Å². The molecule has 2 N–H and O–H groups in total. The van der Waals surface area contributed by atoms with Gasteiger partial charge in [0.2, 0.25) is 0 Å². The number of fused-ring (bicyclic) bond motifs is 3. The van der Waals surface area contributed by atoms with Crippen LogP contribution in [0.2, 0.25) is 0 Å². The topological polar surface area (TPSA) is 82.6 Å². The van der Waals surface area contributed by atoms with Gasteiger partial charge >= 0.3 is 0 Å². The summed E-state index contributed by atoms with van der Waals surface area (Å²) in [7, 11) is 2.19. The average Bonchev–Trinajstić information content (AvgIpc) is 3.51. The number of pyridine rings is 1. The lowest BCUT2D eigenvalue weighted by Gasteiger charge is -2.35. The number of H-pyrrole nitrogens is 1. The number of rotatable bonds is 4. The Labute approximate surface area is 176 Å². The second-order valence-electron chi connectivity index (χ2n) is 7.92. The Morgan fingerprint density at radius 1 is 1.00 bits per heavy atom. The van der Waals surface area contributed by atoms with Gasteiger partial charge in [-0.25, -0.2) is 9.97 Å². The Hall–Kier alpha value is -2.36. The number of thiazole rings is 2. The minimum absolute atomic E-state index is 0.577. The average molecular weight is 424 g/mol. The third kappa shape index (κ3) is 3.13. The molecule has 2 aliphatic rings. The quantitative estimate of drug-likeness (QED) is 0.518. The maximum atomic E-state index is 4.91. The summed E-state index contributed by atoms with van der Waals surface area (Å²) in [5, 5.41) is 12.6. The summed E-state index contributed by atoms with van der Waals surface area (Å²) in [6.07, 6.45) is 10.6. The molecule has 2 saturated heterocycles. The van der Waals surface area contributed by atoms with Crippen molar-refractivity contribution in [3.63, 3.8) is 0 Å². The van der Waals surface area contributed by atoms with E-state index in [1.165, 1.54) is 25.7 Å². The first-order valence-corrected chi connectivity index (χ1v) is 11.6. The molecule has 0 unspecified atom stereocenters. The zero-order valence-corrected chi connectivity index (χ0v) is 17.6. The molecular weight excluding hydrogens is 402 g/mol. The Morgan fingerprint density at radius 2 is 1.83 bits per heavy atom. The van der Waals surface area contributed by atoms with E-state index in [1.807, 2.05) is 18.5 Å². The van der Waals surface area contributed by atoms with Crippen LogP contribution < -0.4 is 10.2 Å². The predicted molar refractivity (Wildman–Crippen MR) is 117 cm³/mol. The highest BCUT2D eigenvalue weighted by atomic mass is 32.1. The zero-order valence-electron chi connectivity index (χ0n) is 16.0. The van der Waals surface area contributed by atoms with Gasteiger partial charge in [0, 0.05) is 48.7 Å². The monoisotopic (exact) mass is 423 g/mol. The first kappa shape index (κ1) is 17.5. The van der Waals surface area contributed by atoms with Crippen molar-refractivity contribution < 1.29 is 0 Å². The van der Waals surface area contributed by atoms with Crippen molar-refractivity contribution in [2.24, 2.45) is 0 Å². The van der Waals surface area contributed by atoms with Gasteiger partial charge in [-0.3, -0.25) is 10.1 Å². The van der Waals surface area contributed by atoms with Gasteiger partial charge in [0.1, 0.15) is 5.01 Å². The molecule has 4 aromatic rings. The van der Waals surface area contributed by atoms with E-state index in [0.29, 0.717) is 18.1 Å². The van der Waals surface area contributed by atoms with E-state index in [9.17, 15) is 0 Å². The van der Waals surface area contributed by atoms with E-state index in [0.717, 1.165) is 36.6 Å². The van der Waals surface area contributed by atoms with E-state index < -0.39 is 0 Å². The van der Waals surface area contributed by atoms with E-state index in [2.05, 4.69) is 38.5 Å². The van der Waals surface area contributed by atoms with Crippen LogP contribution in [0.1, 0.15) is 25.7 Å². The molecule has 0 aromatic carbocycles. The number of hydrogen-bond donors (Lipinski definition) is 2. The minimum atomic E-state index is 0.577. The highest BCUT2D eigenvalue weighted by molar-refractivity contribution is 7.29. The molecule has 0 aliphatic carbocycles. The first-order valence-electron chi connectivity index (χ1n) is 9.95. The highest BCUT2D eigenvalue weighted by Crippen LogP contribution is 2.38. The van der Waals surface area contributed by atoms with Gasteiger partial charge in [-0.15, -0.1) is 0 Å². The molecular formula is C20H21N7S2. The lowest BCUT2D eigenvalue weighted by atomic mass is 9.99. The number of anilines is 1. The minimum Gasteiger partial charge on any atom is -0.348 e. The van der Waals surface area contributed by atoms with E-state index in [1.54, 1.807) is 28.9 Å². The number of hydrogen-bond acceptors (Lipinski definition) is 8. The smallest absolute Gasteiger partial charge is 0.188 e. The van der Waals surface area contributed by atoms with Gasteiger partial charge in [0.25, 0.3) is 0 Å². The largest absolute Gasteiger partial charge is 0.348 e. The fourth-order valence-corrected chi connectivity index (χ4v) is 6.55. The van der Waals surface area contributed by atoms with Crippen molar-refractivity contribution in [3.8, 4) is 21.8 Å². The summed E-state index contributed by atoms with van der Waals surface area (Å²) in [6, 6.07) is 6.02. The van der Waals surface area contributed by atoms with Gasteiger partial charge in [-0.05, 0) is 37.8 Å². The third-order valence-electron chi connectivity index (χ3n) is 6.07. The third-order valence-corrected chi connectivity index (χ3v) is 8.23. The summed E-state index contributed by atoms with van der Waals surface area (Å²) in [4.78, 5) is 18.7. The molecule has 0 amide bonds. The molecule has 2 aliphatic heterocycles. The number of aromatic nitrogens is 5. The second-order valence-corrected chi connectivity index (χ2v) is 9.85. The van der Waals surface area contributed by atoms with Crippen molar-refractivity contribution in [2.45, 2.75) is 43.8 Å². The summed E-state index contributed by atoms with van der Waals surface area (Å²) in [5.74, 6) is 0.